The van der Waals surface area contributed by atoms with E-state index in [1.54, 1.807) is 12.1 Å². The molecule has 1 amide bonds. The Morgan fingerprint density at radius 1 is 1.04 bits per heavy atom. The molecule has 7 heteroatoms. The first-order valence-electron chi connectivity index (χ1n) is 8.87. The van der Waals surface area contributed by atoms with Crippen molar-refractivity contribution < 1.29 is 4.79 Å². The third-order valence-electron chi connectivity index (χ3n) is 4.71. The summed E-state index contributed by atoms with van der Waals surface area (Å²) in [6.45, 7) is 1.44. The fourth-order valence-corrected chi connectivity index (χ4v) is 3.22. The van der Waals surface area contributed by atoms with E-state index in [1.807, 2.05) is 36.4 Å². The van der Waals surface area contributed by atoms with E-state index in [-0.39, 0.29) is 18.3 Å². The predicted molar refractivity (Wildman–Crippen MR) is 108 cm³/mol. The highest BCUT2D eigenvalue weighted by Crippen LogP contribution is 2.24. The fourth-order valence-electron chi connectivity index (χ4n) is 3.22. The smallest absolute Gasteiger partial charge is 0.255 e. The summed E-state index contributed by atoms with van der Waals surface area (Å²) in [5, 5.41) is 11.5. The standard InChI is InChI=1S/C20H21N5O.ClH/c21-13-14-4-6-16(7-5-14)20(26)22-17-10-8-15(9-11-17)19-24-23-18-3-1-2-12-25(18)19;/h4-11H,1-3,12-13,21H2,(H,22,26);1H. The van der Waals surface area contributed by atoms with Gasteiger partial charge < -0.3 is 15.6 Å². The lowest BCUT2D eigenvalue weighted by Gasteiger charge is -2.14. The molecule has 6 nitrogen and oxygen atoms in total. The van der Waals surface area contributed by atoms with Crippen molar-refractivity contribution in [3.05, 3.63) is 65.5 Å². The van der Waals surface area contributed by atoms with E-state index in [9.17, 15) is 4.79 Å². The van der Waals surface area contributed by atoms with Gasteiger partial charge in [0.25, 0.3) is 5.91 Å². The van der Waals surface area contributed by atoms with Gasteiger partial charge in [-0.15, -0.1) is 22.6 Å². The van der Waals surface area contributed by atoms with Crippen LogP contribution >= 0.6 is 12.4 Å². The second kappa shape index (κ2) is 8.33. The highest BCUT2D eigenvalue weighted by atomic mass is 35.5. The molecule has 0 radical (unpaired) electrons. The number of hydrogen-bond acceptors (Lipinski definition) is 4. The van der Waals surface area contributed by atoms with Crippen LogP contribution in [0.3, 0.4) is 0 Å². The summed E-state index contributed by atoms with van der Waals surface area (Å²) >= 11 is 0. The van der Waals surface area contributed by atoms with Gasteiger partial charge in [0, 0.05) is 36.3 Å². The third kappa shape index (κ3) is 4.02. The molecular formula is C20H22ClN5O. The Balaban J connectivity index is 0.00000210. The molecule has 1 aliphatic rings. The van der Waals surface area contributed by atoms with Crippen LogP contribution in [0, 0.1) is 0 Å². The Bertz CT molecular complexity index is 919. The van der Waals surface area contributed by atoms with Crippen LogP contribution in [-0.2, 0) is 19.5 Å². The maximum Gasteiger partial charge on any atom is 0.255 e. The predicted octanol–water partition coefficient (Wildman–Crippen LogP) is 3.41. The average Bonchev–Trinajstić information content (AvgIpc) is 3.13. The zero-order valence-electron chi connectivity index (χ0n) is 14.9. The fraction of sp³-hybridized carbons (Fsp3) is 0.250. The molecule has 0 bridgehead atoms. The highest BCUT2D eigenvalue weighted by molar-refractivity contribution is 6.04. The lowest BCUT2D eigenvalue weighted by atomic mass is 10.1. The minimum atomic E-state index is -0.138. The molecule has 0 saturated heterocycles. The van der Waals surface area contributed by atoms with Gasteiger partial charge in [0.2, 0.25) is 0 Å². The molecule has 2 heterocycles. The minimum Gasteiger partial charge on any atom is -0.326 e. The zero-order chi connectivity index (χ0) is 17.9. The van der Waals surface area contributed by atoms with E-state index in [4.69, 9.17) is 5.73 Å². The number of fused-ring (bicyclic) bond motifs is 1. The van der Waals surface area contributed by atoms with Crippen molar-refractivity contribution in [2.24, 2.45) is 5.73 Å². The Morgan fingerprint density at radius 3 is 2.48 bits per heavy atom. The van der Waals surface area contributed by atoms with Crippen LogP contribution < -0.4 is 11.1 Å². The molecule has 4 rings (SSSR count). The van der Waals surface area contributed by atoms with Gasteiger partial charge in [0.1, 0.15) is 5.82 Å². The van der Waals surface area contributed by atoms with Gasteiger partial charge in [0.05, 0.1) is 0 Å². The molecule has 0 fully saturated rings. The molecule has 27 heavy (non-hydrogen) atoms. The number of anilines is 1. The highest BCUT2D eigenvalue weighted by Gasteiger charge is 2.16. The van der Waals surface area contributed by atoms with Gasteiger partial charge in [-0.2, -0.15) is 0 Å². The normalized spacial score (nSPS) is 12.8. The monoisotopic (exact) mass is 383 g/mol. The first-order chi connectivity index (χ1) is 12.7. The number of nitrogens with zero attached hydrogens (tertiary/aromatic N) is 3. The maximum absolute atomic E-state index is 12.4. The summed E-state index contributed by atoms with van der Waals surface area (Å²) in [5.41, 5.74) is 8.96. The third-order valence-corrected chi connectivity index (χ3v) is 4.71. The van der Waals surface area contributed by atoms with Crippen LogP contribution in [0.5, 0.6) is 0 Å². The maximum atomic E-state index is 12.4. The van der Waals surface area contributed by atoms with Gasteiger partial charge in [-0.3, -0.25) is 4.79 Å². The van der Waals surface area contributed by atoms with Gasteiger partial charge >= 0.3 is 0 Å². The van der Waals surface area contributed by atoms with E-state index >= 15 is 0 Å². The minimum absolute atomic E-state index is 0. The van der Waals surface area contributed by atoms with E-state index in [2.05, 4.69) is 20.1 Å². The molecule has 140 valence electrons. The van der Waals surface area contributed by atoms with Gasteiger partial charge in [0.15, 0.2) is 5.82 Å². The average molecular weight is 384 g/mol. The number of hydrogen-bond donors (Lipinski definition) is 2. The number of nitrogens with two attached hydrogens (primary N) is 1. The van der Waals surface area contributed by atoms with Crippen LogP contribution in [0.15, 0.2) is 48.5 Å². The van der Waals surface area contributed by atoms with Crippen LogP contribution in [0.2, 0.25) is 0 Å². The lowest BCUT2D eigenvalue weighted by Crippen LogP contribution is -2.12. The molecule has 0 saturated carbocycles. The first-order valence-corrected chi connectivity index (χ1v) is 8.87. The van der Waals surface area contributed by atoms with Crippen LogP contribution in [0.1, 0.15) is 34.6 Å². The SMILES string of the molecule is Cl.NCc1ccc(C(=O)Nc2ccc(-c3nnc4n3CCCC4)cc2)cc1. The number of benzene rings is 2. The Morgan fingerprint density at radius 2 is 1.78 bits per heavy atom. The molecular weight excluding hydrogens is 362 g/mol. The number of amides is 1. The van der Waals surface area contributed by atoms with Gasteiger partial charge in [-0.05, 0) is 54.8 Å². The van der Waals surface area contributed by atoms with E-state index < -0.39 is 0 Å². The molecule has 0 spiro atoms. The molecule has 0 atom stereocenters. The largest absolute Gasteiger partial charge is 0.326 e. The Kier molecular flexibility index (Phi) is 5.88. The quantitative estimate of drug-likeness (QED) is 0.722. The number of aromatic nitrogens is 3. The first kappa shape index (κ1) is 19.1. The Labute approximate surface area is 164 Å². The Hall–Kier alpha value is -2.70. The molecule has 1 aromatic heterocycles. The topological polar surface area (TPSA) is 85.8 Å². The van der Waals surface area contributed by atoms with Crippen molar-refractivity contribution in [2.45, 2.75) is 32.4 Å². The van der Waals surface area contributed by atoms with Gasteiger partial charge in [-0.25, -0.2) is 0 Å². The number of carbonyl (C=O) groups is 1. The van der Waals surface area contributed by atoms with Crippen molar-refractivity contribution in [3.8, 4) is 11.4 Å². The van der Waals surface area contributed by atoms with E-state index in [0.717, 1.165) is 47.8 Å². The number of nitrogens with one attached hydrogen (secondary N) is 1. The van der Waals surface area contributed by atoms with Crippen molar-refractivity contribution in [2.75, 3.05) is 5.32 Å². The van der Waals surface area contributed by atoms with E-state index in [1.165, 1.54) is 6.42 Å². The summed E-state index contributed by atoms with van der Waals surface area (Å²) < 4.78 is 2.19. The van der Waals surface area contributed by atoms with Crippen molar-refractivity contribution in [1.29, 1.82) is 0 Å². The second-order valence-corrected chi connectivity index (χ2v) is 6.48. The number of halogens is 1. The molecule has 2 aromatic carbocycles. The molecule has 3 aromatic rings. The van der Waals surface area contributed by atoms with Crippen molar-refractivity contribution in [1.82, 2.24) is 14.8 Å². The van der Waals surface area contributed by atoms with Crippen LogP contribution in [0.4, 0.5) is 5.69 Å². The number of carbonyl (C=O) groups excluding carboxylic acids is 1. The van der Waals surface area contributed by atoms with Crippen LogP contribution in [0.25, 0.3) is 11.4 Å². The summed E-state index contributed by atoms with van der Waals surface area (Å²) in [5.74, 6) is 1.82. The molecule has 3 N–H and O–H groups in total. The molecule has 0 aliphatic carbocycles. The molecule has 1 aliphatic heterocycles. The van der Waals surface area contributed by atoms with Crippen molar-refractivity contribution >= 4 is 24.0 Å². The van der Waals surface area contributed by atoms with Gasteiger partial charge in [-0.1, -0.05) is 12.1 Å². The summed E-state index contributed by atoms with van der Waals surface area (Å²) in [6.07, 6.45) is 3.33. The summed E-state index contributed by atoms with van der Waals surface area (Å²) in [6, 6.07) is 15.0. The second-order valence-electron chi connectivity index (χ2n) is 6.48. The lowest BCUT2D eigenvalue weighted by molar-refractivity contribution is 0.102. The summed E-state index contributed by atoms with van der Waals surface area (Å²) in [4.78, 5) is 12.4. The van der Waals surface area contributed by atoms with Crippen LogP contribution in [-0.4, -0.2) is 20.7 Å². The molecule has 0 unspecified atom stereocenters. The van der Waals surface area contributed by atoms with E-state index in [0.29, 0.717) is 12.1 Å². The number of rotatable bonds is 4. The van der Waals surface area contributed by atoms with Crippen molar-refractivity contribution in [3.63, 3.8) is 0 Å². The number of aryl methyl sites for hydroxylation is 1. The zero-order valence-corrected chi connectivity index (χ0v) is 15.7. The summed E-state index contributed by atoms with van der Waals surface area (Å²) in [7, 11) is 0.